The quantitative estimate of drug-likeness (QED) is 0.123. The van der Waals surface area contributed by atoms with Gasteiger partial charge in [-0.15, -0.1) is 0 Å². The fourth-order valence-electron chi connectivity index (χ4n) is 17.1. The van der Waals surface area contributed by atoms with Gasteiger partial charge >= 0.3 is 0 Å². The lowest BCUT2D eigenvalue weighted by Gasteiger charge is -2.22. The van der Waals surface area contributed by atoms with Crippen molar-refractivity contribution in [2.24, 2.45) is 0 Å². The van der Waals surface area contributed by atoms with Crippen molar-refractivity contribution in [2.75, 3.05) is 0 Å². The second-order valence-corrected chi connectivity index (χ2v) is 28.6. The van der Waals surface area contributed by atoms with Gasteiger partial charge in [-0.1, -0.05) is 191 Å². The van der Waals surface area contributed by atoms with E-state index in [4.69, 9.17) is 15.0 Å². The van der Waals surface area contributed by atoms with Crippen molar-refractivity contribution in [3.63, 3.8) is 0 Å². The van der Waals surface area contributed by atoms with Crippen molar-refractivity contribution in [3.05, 3.63) is 222 Å². The SMILES string of the molecule is c1ccc(-p2c(-c3cccc(-c4c5c(c(-c6nc7ccc8ccc9ccc%10ccc%11ccc6c6c%11c%10c9c8c76)p4-c4ccccc4)CCCC5)n3)c3c(c2-c2nc4ccc5ccc6ccc7ccc8ccc2c2c8c7c6c5c42)CCCC3)cc1. The lowest BCUT2D eigenvalue weighted by atomic mass is 9.83. The van der Waals surface area contributed by atoms with Crippen LogP contribution in [0.1, 0.15) is 47.9 Å². The Morgan fingerprint density at radius 1 is 0.238 bits per heavy atom. The molecule has 14 aromatic carbocycles. The molecular weight excluding hydrogens is 1050 g/mol. The highest BCUT2D eigenvalue weighted by Crippen LogP contribution is 2.66. The molecular formula is C79H49N3P2. The normalized spacial score (nSPS) is 14.7. The van der Waals surface area contributed by atoms with Gasteiger partial charge in [0.15, 0.2) is 0 Å². The molecule has 19 aromatic rings. The first-order chi connectivity index (χ1) is 41.7. The lowest BCUT2D eigenvalue weighted by Crippen LogP contribution is -2.03. The molecule has 2 unspecified atom stereocenters. The minimum atomic E-state index is -1.08. The Morgan fingerprint density at radius 2 is 0.536 bits per heavy atom. The Morgan fingerprint density at radius 3 is 0.893 bits per heavy atom. The van der Waals surface area contributed by atoms with Gasteiger partial charge in [-0.2, -0.15) is 0 Å². The molecule has 0 saturated carbocycles. The van der Waals surface area contributed by atoms with Crippen LogP contribution in [0.3, 0.4) is 0 Å². The van der Waals surface area contributed by atoms with Crippen molar-refractivity contribution in [2.45, 2.75) is 51.4 Å². The minimum Gasteiger partial charge on any atom is -0.247 e. The number of pyridine rings is 3. The van der Waals surface area contributed by atoms with E-state index in [1.165, 1.54) is 198 Å². The van der Waals surface area contributed by atoms with Crippen LogP contribution in [0.25, 0.3) is 184 Å². The van der Waals surface area contributed by atoms with Crippen LogP contribution in [0, 0.1) is 0 Å². The molecule has 0 spiro atoms. The zero-order valence-electron chi connectivity index (χ0n) is 45.9. The van der Waals surface area contributed by atoms with E-state index in [1.54, 1.807) is 0 Å². The van der Waals surface area contributed by atoms with Crippen molar-refractivity contribution < 1.29 is 0 Å². The Hall–Kier alpha value is -9.23. The van der Waals surface area contributed by atoms with Gasteiger partial charge in [0.25, 0.3) is 0 Å². The number of hydrogen-bond donors (Lipinski definition) is 0. The summed E-state index contributed by atoms with van der Waals surface area (Å²) in [5.74, 6) is 0. The monoisotopic (exact) mass is 1100 g/mol. The third kappa shape index (κ3) is 5.69. The van der Waals surface area contributed by atoms with Crippen molar-refractivity contribution in [3.8, 4) is 54.6 Å². The second kappa shape index (κ2) is 16.3. The summed E-state index contributed by atoms with van der Waals surface area (Å²) in [4.78, 5) is 18.2. The van der Waals surface area contributed by atoms with Crippen LogP contribution >= 0.6 is 15.1 Å². The number of benzene rings is 14. The summed E-state index contributed by atoms with van der Waals surface area (Å²) in [5, 5.41) is 37.8. The van der Waals surface area contributed by atoms with Gasteiger partial charge in [0, 0.05) is 64.3 Å². The van der Waals surface area contributed by atoms with Crippen LogP contribution in [0.2, 0.25) is 0 Å². The summed E-state index contributed by atoms with van der Waals surface area (Å²) >= 11 is 0. The molecule has 2 aliphatic rings. The van der Waals surface area contributed by atoms with Gasteiger partial charge in [0.05, 0.1) is 33.8 Å². The minimum absolute atomic E-state index is 1.05. The van der Waals surface area contributed by atoms with Gasteiger partial charge in [0.2, 0.25) is 0 Å². The maximum atomic E-state index is 6.17. The van der Waals surface area contributed by atoms with E-state index in [0.717, 1.165) is 59.5 Å². The van der Waals surface area contributed by atoms with E-state index >= 15 is 0 Å². The summed E-state index contributed by atoms with van der Waals surface area (Å²) in [5.41, 5.74) is 12.8. The summed E-state index contributed by atoms with van der Waals surface area (Å²) < 4.78 is 0. The molecule has 2 atom stereocenters. The molecule has 0 bridgehead atoms. The Bertz CT molecular complexity index is 5490. The van der Waals surface area contributed by atoms with Crippen molar-refractivity contribution in [1.82, 2.24) is 15.0 Å². The molecule has 5 heteroatoms. The number of hydrogen-bond acceptors (Lipinski definition) is 3. The molecule has 2 aliphatic carbocycles. The molecule has 5 aromatic heterocycles. The van der Waals surface area contributed by atoms with E-state index < -0.39 is 15.1 Å². The highest BCUT2D eigenvalue weighted by molar-refractivity contribution is 7.64. The number of fused-ring (bicyclic) bond motifs is 2. The third-order valence-corrected chi connectivity index (χ3v) is 25.8. The average Bonchev–Trinajstić information content (AvgIpc) is 0.986. The maximum absolute atomic E-state index is 6.17. The van der Waals surface area contributed by atoms with Crippen molar-refractivity contribution >= 4 is 145 Å². The van der Waals surface area contributed by atoms with Crippen LogP contribution in [-0.2, 0) is 25.7 Å². The summed E-state index contributed by atoms with van der Waals surface area (Å²) in [6, 6.07) is 77.0. The Kier molecular flexibility index (Phi) is 8.80. The van der Waals surface area contributed by atoms with Crippen LogP contribution in [-0.4, -0.2) is 15.0 Å². The second-order valence-electron chi connectivity index (χ2n) is 24.5. The molecule has 0 aliphatic heterocycles. The number of aromatic nitrogens is 3. The average molecular weight is 1100 g/mol. The summed E-state index contributed by atoms with van der Waals surface area (Å²) in [6.45, 7) is 0. The van der Waals surface area contributed by atoms with E-state index in [9.17, 15) is 0 Å². The van der Waals surface area contributed by atoms with Crippen LogP contribution in [0.5, 0.6) is 0 Å². The van der Waals surface area contributed by atoms with Crippen molar-refractivity contribution in [1.29, 1.82) is 0 Å². The van der Waals surface area contributed by atoms with E-state index in [0.29, 0.717) is 0 Å². The molecule has 5 heterocycles. The van der Waals surface area contributed by atoms with Gasteiger partial charge in [-0.25, -0.2) is 15.0 Å². The van der Waals surface area contributed by atoms with Gasteiger partial charge < -0.3 is 0 Å². The standard InChI is InChI=1S/C79H49N3P2/c1-3-12-50(13-4-1)83-76(52-16-7-9-18-54(52)78(83)74-56-38-34-46-30-26-42-22-24-44-28-32-48-36-40-58(81-74)72-68(48)64(44)62(42)66(46)70(56)72)60-20-11-21-61(80-60)77-53-17-8-10-19-55(53)79(84(77)51-14-5-2-6-15-51)75-57-39-35-47-31-27-43-23-25-45-29-33-49-37-41-59(82-75)73-69(49)65(45)63(43)67(47)71(57)73/h1-6,11-15,20-41H,7-10,16-19H2. The molecule has 0 amide bonds. The molecule has 21 rings (SSSR count). The molecule has 84 heavy (non-hydrogen) atoms. The molecule has 0 N–H and O–H groups in total. The van der Waals surface area contributed by atoms with Gasteiger partial charge in [-0.05, 0) is 184 Å². The predicted molar refractivity (Wildman–Crippen MR) is 360 cm³/mol. The maximum Gasteiger partial charge on any atom is 0.0834 e. The fraction of sp³-hybridized carbons (Fsp3) is 0.101. The highest BCUT2D eigenvalue weighted by Gasteiger charge is 2.35. The highest BCUT2D eigenvalue weighted by atomic mass is 31.1. The number of rotatable bonds is 6. The number of nitrogens with zero attached hydrogens (tertiary/aromatic N) is 3. The summed E-state index contributed by atoms with van der Waals surface area (Å²) in [7, 11) is -2.16. The fourth-order valence-corrected chi connectivity index (χ4v) is 23.0. The van der Waals surface area contributed by atoms with Gasteiger partial charge in [-0.3, -0.25) is 0 Å². The molecule has 390 valence electrons. The Labute approximate surface area is 485 Å². The topological polar surface area (TPSA) is 38.7 Å². The predicted octanol–water partition coefficient (Wildman–Crippen LogP) is 22.7. The van der Waals surface area contributed by atoms with E-state index in [-0.39, 0.29) is 0 Å². The summed E-state index contributed by atoms with van der Waals surface area (Å²) in [6.07, 6.45) is 8.87. The molecule has 0 saturated heterocycles. The van der Waals surface area contributed by atoms with Crippen LogP contribution in [0.15, 0.2) is 200 Å². The van der Waals surface area contributed by atoms with E-state index in [1.807, 2.05) is 0 Å². The van der Waals surface area contributed by atoms with Crippen LogP contribution < -0.4 is 0 Å². The smallest absolute Gasteiger partial charge is 0.0834 e. The lowest BCUT2D eigenvalue weighted by molar-refractivity contribution is 0.691. The third-order valence-electron chi connectivity index (χ3n) is 20.4. The van der Waals surface area contributed by atoms with Crippen LogP contribution in [0.4, 0.5) is 0 Å². The molecule has 3 nitrogen and oxygen atoms in total. The first-order valence-electron chi connectivity index (χ1n) is 30.3. The zero-order valence-corrected chi connectivity index (χ0v) is 47.7. The Balaban J connectivity index is 0.846. The zero-order chi connectivity index (χ0) is 54.2. The first-order valence-corrected chi connectivity index (χ1v) is 33.0. The first kappa shape index (κ1) is 45.3. The van der Waals surface area contributed by atoms with Gasteiger partial charge in [0.1, 0.15) is 0 Å². The molecule has 0 fully saturated rings. The van der Waals surface area contributed by atoms with E-state index in [2.05, 4.69) is 200 Å². The largest absolute Gasteiger partial charge is 0.247 e. The molecule has 0 radical (unpaired) electrons.